The quantitative estimate of drug-likeness (QED) is 0.582. The van der Waals surface area contributed by atoms with Crippen LogP contribution in [0, 0.1) is 11.3 Å². The molecule has 0 radical (unpaired) electrons. The fourth-order valence-electron chi connectivity index (χ4n) is 3.32. The van der Waals surface area contributed by atoms with E-state index in [0.29, 0.717) is 12.3 Å². The first-order valence-electron chi connectivity index (χ1n) is 5.66. The molecule has 0 bridgehead atoms. The molecule has 3 rings (SSSR count). The van der Waals surface area contributed by atoms with Gasteiger partial charge in [-0.3, -0.25) is 9.59 Å². The van der Waals surface area contributed by atoms with Gasteiger partial charge in [0.25, 0.3) is 0 Å². The molecule has 0 aromatic rings. The molecule has 1 saturated carbocycles. The predicted molar refractivity (Wildman–Crippen MR) is 57.6 cm³/mol. The van der Waals surface area contributed by atoms with Crippen molar-refractivity contribution < 1.29 is 14.3 Å². The first kappa shape index (κ1) is 9.82. The normalized spacial score (nSPS) is 39.2. The van der Waals surface area contributed by atoms with Gasteiger partial charge in [0.2, 0.25) is 0 Å². The highest BCUT2D eigenvalue weighted by Crippen LogP contribution is 2.56. The molecule has 84 valence electrons. The summed E-state index contributed by atoms with van der Waals surface area (Å²) in [6.07, 6.45) is 9.46. The number of allylic oxidation sites excluding steroid dienone is 4. The lowest BCUT2D eigenvalue weighted by molar-refractivity contribution is -0.148. The van der Waals surface area contributed by atoms with Gasteiger partial charge < -0.3 is 4.74 Å². The Kier molecular flexibility index (Phi) is 1.74. The van der Waals surface area contributed by atoms with Crippen molar-refractivity contribution in [1.29, 1.82) is 0 Å². The Morgan fingerprint density at radius 1 is 1.31 bits per heavy atom. The van der Waals surface area contributed by atoms with Gasteiger partial charge in [0.1, 0.15) is 5.60 Å². The first-order chi connectivity index (χ1) is 7.51. The zero-order chi connectivity index (χ0) is 11.4. The fourth-order valence-corrected chi connectivity index (χ4v) is 3.32. The van der Waals surface area contributed by atoms with E-state index in [1.165, 1.54) is 0 Å². The van der Waals surface area contributed by atoms with Crippen LogP contribution in [0.2, 0.25) is 0 Å². The van der Waals surface area contributed by atoms with Crippen molar-refractivity contribution in [3.8, 4) is 0 Å². The number of esters is 1. The molecule has 3 heteroatoms. The summed E-state index contributed by atoms with van der Waals surface area (Å²) < 4.78 is 5.44. The van der Waals surface area contributed by atoms with Crippen molar-refractivity contribution in [2.45, 2.75) is 31.8 Å². The van der Waals surface area contributed by atoms with Crippen molar-refractivity contribution >= 4 is 11.8 Å². The molecule has 0 unspecified atom stereocenters. The van der Waals surface area contributed by atoms with E-state index in [-0.39, 0.29) is 22.8 Å². The van der Waals surface area contributed by atoms with Gasteiger partial charge in [0.15, 0.2) is 5.78 Å². The molecule has 3 nitrogen and oxygen atoms in total. The highest BCUT2D eigenvalue weighted by molar-refractivity contribution is 6.00. The molecule has 1 aliphatic heterocycles. The van der Waals surface area contributed by atoms with E-state index in [1.54, 1.807) is 12.2 Å². The third-order valence-electron chi connectivity index (χ3n) is 4.09. The Morgan fingerprint density at radius 2 is 2.00 bits per heavy atom. The molecule has 3 aliphatic rings. The number of fused-ring (bicyclic) bond motifs is 1. The smallest absolute Gasteiger partial charge is 0.306 e. The largest absolute Gasteiger partial charge is 0.459 e. The van der Waals surface area contributed by atoms with Gasteiger partial charge in [-0.1, -0.05) is 12.2 Å². The summed E-state index contributed by atoms with van der Waals surface area (Å²) in [4.78, 5) is 22.4. The molecule has 1 heterocycles. The Hall–Kier alpha value is -1.38. The van der Waals surface area contributed by atoms with Crippen molar-refractivity contribution in [2.24, 2.45) is 11.3 Å². The molecule has 2 fully saturated rings. The minimum atomic E-state index is -0.327. The molecule has 2 atom stereocenters. The van der Waals surface area contributed by atoms with E-state index in [4.69, 9.17) is 4.74 Å². The molecule has 0 amide bonds. The van der Waals surface area contributed by atoms with Crippen LogP contribution in [0.4, 0.5) is 0 Å². The third-order valence-corrected chi connectivity index (χ3v) is 4.09. The molecular formula is C13H14O3. The zero-order valence-corrected chi connectivity index (χ0v) is 9.23. The number of hydrogen-bond acceptors (Lipinski definition) is 3. The summed E-state index contributed by atoms with van der Waals surface area (Å²) in [7, 11) is 0. The average Bonchev–Trinajstić information content (AvgIpc) is 2.59. The molecular weight excluding hydrogens is 204 g/mol. The van der Waals surface area contributed by atoms with Crippen LogP contribution in [0.25, 0.3) is 0 Å². The van der Waals surface area contributed by atoms with Gasteiger partial charge in [-0.25, -0.2) is 0 Å². The van der Waals surface area contributed by atoms with Crippen molar-refractivity contribution in [3.05, 3.63) is 24.3 Å². The van der Waals surface area contributed by atoms with Crippen molar-refractivity contribution in [2.75, 3.05) is 0 Å². The molecule has 1 spiro atoms. The van der Waals surface area contributed by atoms with Crippen LogP contribution in [0.3, 0.4) is 0 Å². The lowest BCUT2D eigenvalue weighted by Crippen LogP contribution is -2.28. The maximum Gasteiger partial charge on any atom is 0.306 e. The Balaban J connectivity index is 1.90. The average molecular weight is 218 g/mol. The van der Waals surface area contributed by atoms with E-state index in [9.17, 15) is 9.59 Å². The van der Waals surface area contributed by atoms with Gasteiger partial charge in [-0.05, 0) is 31.9 Å². The number of ether oxygens (including phenoxy) is 1. The summed E-state index contributed by atoms with van der Waals surface area (Å²) in [5.74, 6) is 0.259. The SMILES string of the molecule is C[C@]12CC3(C=CC(=O)C=C3)C[C@H]1CC(=O)O2. The van der Waals surface area contributed by atoms with Gasteiger partial charge >= 0.3 is 5.97 Å². The summed E-state index contributed by atoms with van der Waals surface area (Å²) in [5, 5.41) is 0. The predicted octanol–water partition coefficient (Wildman–Crippen LogP) is 1.78. The van der Waals surface area contributed by atoms with Gasteiger partial charge in [-0.2, -0.15) is 0 Å². The van der Waals surface area contributed by atoms with E-state index >= 15 is 0 Å². The van der Waals surface area contributed by atoms with E-state index < -0.39 is 0 Å². The highest BCUT2D eigenvalue weighted by Gasteiger charge is 2.56. The zero-order valence-electron chi connectivity index (χ0n) is 9.23. The number of carbonyl (C=O) groups excluding carboxylic acids is 2. The lowest BCUT2D eigenvalue weighted by Gasteiger charge is -2.26. The number of ketones is 1. The number of rotatable bonds is 0. The van der Waals surface area contributed by atoms with Gasteiger partial charge in [0.05, 0.1) is 6.42 Å². The molecule has 0 N–H and O–H groups in total. The van der Waals surface area contributed by atoms with Crippen LogP contribution >= 0.6 is 0 Å². The van der Waals surface area contributed by atoms with E-state index in [1.807, 2.05) is 19.1 Å². The summed E-state index contributed by atoms with van der Waals surface area (Å²) in [6, 6.07) is 0. The summed E-state index contributed by atoms with van der Waals surface area (Å²) >= 11 is 0. The molecule has 16 heavy (non-hydrogen) atoms. The first-order valence-corrected chi connectivity index (χ1v) is 5.66. The summed E-state index contributed by atoms with van der Waals surface area (Å²) in [6.45, 7) is 2.01. The second-order valence-corrected chi connectivity index (χ2v) is 5.37. The minimum Gasteiger partial charge on any atom is -0.459 e. The highest BCUT2D eigenvalue weighted by atomic mass is 16.6. The molecule has 2 aliphatic carbocycles. The van der Waals surface area contributed by atoms with E-state index in [2.05, 4.69) is 0 Å². The Bertz CT molecular complexity index is 416. The second-order valence-electron chi connectivity index (χ2n) is 5.37. The standard InChI is InChI=1S/C13H14O3/c1-12-8-13(4-2-10(14)3-5-13)7-9(12)6-11(15)16-12/h2-5,9H,6-8H2,1H3/t9-,12+/m1/s1. The van der Waals surface area contributed by atoms with Gasteiger partial charge in [0, 0.05) is 11.3 Å². The molecule has 1 saturated heterocycles. The fraction of sp³-hybridized carbons (Fsp3) is 0.538. The monoisotopic (exact) mass is 218 g/mol. The summed E-state index contributed by atoms with van der Waals surface area (Å²) in [5.41, 5.74) is -0.389. The van der Waals surface area contributed by atoms with Crippen LogP contribution in [-0.2, 0) is 14.3 Å². The van der Waals surface area contributed by atoms with Crippen LogP contribution in [0.1, 0.15) is 26.2 Å². The molecule has 0 aromatic heterocycles. The van der Waals surface area contributed by atoms with Crippen LogP contribution in [-0.4, -0.2) is 17.4 Å². The van der Waals surface area contributed by atoms with Gasteiger partial charge in [-0.15, -0.1) is 0 Å². The number of hydrogen-bond donors (Lipinski definition) is 0. The Morgan fingerprint density at radius 3 is 2.62 bits per heavy atom. The maximum absolute atomic E-state index is 11.3. The van der Waals surface area contributed by atoms with Crippen LogP contribution in [0.5, 0.6) is 0 Å². The van der Waals surface area contributed by atoms with Crippen LogP contribution < -0.4 is 0 Å². The number of carbonyl (C=O) groups is 2. The molecule has 0 aromatic carbocycles. The third kappa shape index (κ3) is 1.27. The topological polar surface area (TPSA) is 43.4 Å². The van der Waals surface area contributed by atoms with Crippen molar-refractivity contribution in [1.82, 2.24) is 0 Å². The Labute approximate surface area is 94.2 Å². The van der Waals surface area contributed by atoms with E-state index in [0.717, 1.165) is 12.8 Å². The second kappa shape index (κ2) is 2.84. The van der Waals surface area contributed by atoms with Crippen LogP contribution in [0.15, 0.2) is 24.3 Å². The van der Waals surface area contributed by atoms with Crippen molar-refractivity contribution in [3.63, 3.8) is 0 Å². The maximum atomic E-state index is 11.3. The minimum absolute atomic E-state index is 0.0461. The lowest BCUT2D eigenvalue weighted by atomic mass is 9.81.